The van der Waals surface area contributed by atoms with Gasteiger partial charge in [0, 0.05) is 44.4 Å². The van der Waals surface area contributed by atoms with E-state index in [0.717, 1.165) is 17.9 Å². The predicted octanol–water partition coefficient (Wildman–Crippen LogP) is 5.47. The second kappa shape index (κ2) is 13.7. The topological polar surface area (TPSA) is 160 Å². The quantitative estimate of drug-likeness (QED) is 0.116. The van der Waals surface area contributed by atoms with E-state index in [1.54, 1.807) is 27.5 Å². The van der Waals surface area contributed by atoms with Crippen molar-refractivity contribution in [3.8, 4) is 22.7 Å². The highest BCUT2D eigenvalue weighted by Crippen LogP contribution is 2.37. The molecule has 5 heterocycles. The lowest BCUT2D eigenvalue weighted by Gasteiger charge is -2.20. The van der Waals surface area contributed by atoms with Gasteiger partial charge in [0.1, 0.15) is 35.7 Å². The van der Waals surface area contributed by atoms with E-state index in [4.69, 9.17) is 14.6 Å². The molecule has 0 aliphatic carbocycles. The Kier molecular flexibility index (Phi) is 9.52. The van der Waals surface area contributed by atoms with Crippen LogP contribution in [0.4, 0.5) is 11.5 Å². The Hall–Kier alpha value is -5.06. The molecule has 0 amide bonds. The number of nitrogens with zero attached hydrogens (tertiary/aromatic N) is 7. The normalized spacial score (nSPS) is 12.8. The number of benzene rings is 1. The van der Waals surface area contributed by atoms with Crippen LogP contribution in [-0.4, -0.2) is 70.2 Å². The molecule has 0 unspecified atom stereocenters. The van der Waals surface area contributed by atoms with E-state index < -0.39 is 24.1 Å². The molecule has 0 bridgehead atoms. The highest BCUT2D eigenvalue weighted by Gasteiger charge is 2.24. The van der Waals surface area contributed by atoms with Crippen LogP contribution in [0.1, 0.15) is 24.4 Å². The van der Waals surface area contributed by atoms with Crippen LogP contribution in [0, 0.1) is 6.92 Å². The number of hydrogen-bond donors (Lipinski definition) is 2. The first-order chi connectivity index (χ1) is 23.7. The van der Waals surface area contributed by atoms with Crippen molar-refractivity contribution in [3.05, 3.63) is 89.1 Å². The lowest BCUT2D eigenvalue weighted by Crippen LogP contribution is -2.29. The maximum absolute atomic E-state index is 14.0. The molecule has 2 N–H and O–H groups in total. The fourth-order valence-corrected chi connectivity index (χ4v) is 7.04. The van der Waals surface area contributed by atoms with Crippen molar-refractivity contribution >= 4 is 46.2 Å². The van der Waals surface area contributed by atoms with Crippen molar-refractivity contribution in [2.75, 3.05) is 30.0 Å². The zero-order chi connectivity index (χ0) is 35.8. The summed E-state index contributed by atoms with van der Waals surface area (Å²) < 4.78 is 43.5. The largest absolute Gasteiger partial charge is 0.480 e. The van der Waals surface area contributed by atoms with E-state index in [9.17, 15) is 13.2 Å². The van der Waals surface area contributed by atoms with Gasteiger partial charge < -0.3 is 19.4 Å². The van der Waals surface area contributed by atoms with Gasteiger partial charge >= 0.3 is 0 Å². The van der Waals surface area contributed by atoms with Crippen molar-refractivity contribution < 1.29 is 17.9 Å². The number of ether oxygens (including phenoxy) is 2. The smallest absolute Gasteiger partial charge is 0.282 e. The number of anilines is 2. The third kappa shape index (κ3) is 7.27. The number of aryl methyl sites for hydroxylation is 1. The molecule has 16 heteroatoms. The summed E-state index contributed by atoms with van der Waals surface area (Å²) in [6.07, 6.45) is 7.81. The Morgan fingerprint density at radius 2 is 1.82 bits per heavy atom. The van der Waals surface area contributed by atoms with Crippen LogP contribution >= 0.6 is 0 Å². The molecule has 14 nitrogen and oxygen atoms in total. The molecular formula is C34H41N9O5SSi. The maximum atomic E-state index is 14.0. The van der Waals surface area contributed by atoms with Gasteiger partial charge in [-0.2, -0.15) is 5.10 Å². The van der Waals surface area contributed by atoms with E-state index in [1.165, 1.54) is 13.4 Å². The number of para-hydroxylation sites is 1. The Labute approximate surface area is 291 Å². The summed E-state index contributed by atoms with van der Waals surface area (Å²) in [5.41, 5.74) is 3.87. The first-order valence-electron chi connectivity index (χ1n) is 16.1. The molecule has 0 radical (unpaired) electrons. The monoisotopic (exact) mass is 715 g/mol. The second-order valence-corrected chi connectivity index (χ2v) is 20.8. The van der Waals surface area contributed by atoms with Gasteiger partial charge in [0.25, 0.3) is 5.56 Å². The number of aromatic nitrogens is 7. The SMILES string of the molecule is COc1ncc(-c2cn(COCC[Si](C)(C)C)c3ncnc(N[C@@H](C)c4nn5ccc(C)c5c(=O)n4-c4ccccc4)c23)cc1NS(C)(=O)=O. The van der Waals surface area contributed by atoms with Crippen LogP contribution in [0.15, 0.2) is 72.2 Å². The highest BCUT2D eigenvalue weighted by atomic mass is 32.2. The highest BCUT2D eigenvalue weighted by molar-refractivity contribution is 7.92. The third-order valence-corrected chi connectivity index (χ3v) is 10.5. The van der Waals surface area contributed by atoms with Gasteiger partial charge in [0.05, 0.1) is 30.5 Å². The average Bonchev–Trinajstić information content (AvgIpc) is 3.63. The molecule has 5 aromatic heterocycles. The Morgan fingerprint density at radius 1 is 1.06 bits per heavy atom. The first kappa shape index (κ1) is 34.8. The molecule has 0 fully saturated rings. The number of pyridine rings is 1. The zero-order valence-corrected chi connectivity index (χ0v) is 30.9. The molecule has 0 saturated carbocycles. The third-order valence-electron chi connectivity index (χ3n) is 8.20. The number of methoxy groups -OCH3 is 1. The Morgan fingerprint density at radius 3 is 2.52 bits per heavy atom. The summed E-state index contributed by atoms with van der Waals surface area (Å²) in [5.74, 6) is 1.07. The molecule has 0 aliphatic rings. The minimum Gasteiger partial charge on any atom is -0.480 e. The lowest BCUT2D eigenvalue weighted by atomic mass is 10.1. The number of rotatable bonds is 13. The Balaban J connectivity index is 1.48. The molecule has 1 aromatic carbocycles. The molecule has 1 atom stereocenters. The summed E-state index contributed by atoms with van der Waals surface area (Å²) in [6, 6.07) is 13.4. The van der Waals surface area contributed by atoms with Crippen molar-refractivity contribution in [2.45, 2.75) is 52.3 Å². The number of hydrogen-bond acceptors (Lipinski definition) is 10. The number of fused-ring (bicyclic) bond motifs is 2. The van der Waals surface area contributed by atoms with E-state index in [-0.39, 0.29) is 23.9 Å². The maximum Gasteiger partial charge on any atom is 0.282 e. The molecule has 0 aliphatic heterocycles. The van der Waals surface area contributed by atoms with Gasteiger partial charge in [-0.25, -0.2) is 27.9 Å². The number of nitrogens with one attached hydrogen (secondary N) is 2. The van der Waals surface area contributed by atoms with Crippen LogP contribution < -0.4 is 20.3 Å². The van der Waals surface area contributed by atoms with E-state index >= 15 is 0 Å². The summed E-state index contributed by atoms with van der Waals surface area (Å²) in [5, 5.41) is 9.05. The van der Waals surface area contributed by atoms with Crippen molar-refractivity contribution in [2.24, 2.45) is 0 Å². The predicted molar refractivity (Wildman–Crippen MR) is 197 cm³/mol. The number of sulfonamides is 1. The Bertz CT molecular complexity index is 2350. The summed E-state index contributed by atoms with van der Waals surface area (Å²) in [7, 11) is -3.53. The van der Waals surface area contributed by atoms with Crippen LogP contribution in [0.3, 0.4) is 0 Å². The fourth-order valence-electron chi connectivity index (χ4n) is 5.73. The van der Waals surface area contributed by atoms with Gasteiger partial charge in [0.2, 0.25) is 15.9 Å². The van der Waals surface area contributed by atoms with Crippen LogP contribution in [0.25, 0.3) is 33.4 Å². The summed E-state index contributed by atoms with van der Waals surface area (Å²) in [4.78, 5) is 27.7. The molecule has 6 aromatic rings. The van der Waals surface area contributed by atoms with Crippen LogP contribution in [0.2, 0.25) is 25.7 Å². The van der Waals surface area contributed by atoms with Gasteiger partial charge in [-0.1, -0.05) is 37.8 Å². The van der Waals surface area contributed by atoms with Gasteiger partial charge in [-0.05, 0) is 49.7 Å². The van der Waals surface area contributed by atoms with Gasteiger partial charge in [0.15, 0.2) is 5.82 Å². The molecule has 0 saturated heterocycles. The minimum atomic E-state index is -3.64. The standard InChI is InChI=1S/C34H41N9O5SSi/c1-22-13-14-42-29(22)34(44)43(25-11-9-8-10-12-25)31(39-42)23(2)38-30-28-26(24-17-27(40-49(4,45)46)33(47-3)35-18-24)19-41(32(28)37-20-36-30)21-48-15-16-50(5,6)7/h8-14,17-20,23,40H,15-16,21H2,1-7H3,(H,36,37,38)/t23-/m0/s1. The van der Waals surface area contributed by atoms with E-state index in [2.05, 4.69) is 44.6 Å². The minimum absolute atomic E-state index is 0.126. The summed E-state index contributed by atoms with van der Waals surface area (Å²) >= 11 is 0. The molecule has 0 spiro atoms. The van der Waals surface area contributed by atoms with Crippen molar-refractivity contribution in [1.29, 1.82) is 0 Å². The molecule has 262 valence electrons. The second-order valence-electron chi connectivity index (χ2n) is 13.4. The van der Waals surface area contributed by atoms with E-state index in [1.807, 2.05) is 61.0 Å². The van der Waals surface area contributed by atoms with Crippen LogP contribution in [0.5, 0.6) is 5.88 Å². The van der Waals surface area contributed by atoms with Crippen LogP contribution in [-0.2, 0) is 21.5 Å². The zero-order valence-electron chi connectivity index (χ0n) is 29.1. The van der Waals surface area contributed by atoms with Gasteiger partial charge in [-0.3, -0.25) is 14.1 Å². The molecule has 50 heavy (non-hydrogen) atoms. The van der Waals surface area contributed by atoms with Crippen molar-refractivity contribution in [3.63, 3.8) is 0 Å². The lowest BCUT2D eigenvalue weighted by molar-refractivity contribution is 0.0899. The summed E-state index contributed by atoms with van der Waals surface area (Å²) in [6.45, 7) is 11.5. The molecule has 6 rings (SSSR count). The van der Waals surface area contributed by atoms with Crippen molar-refractivity contribution in [1.82, 2.24) is 33.7 Å². The fraction of sp³-hybridized carbons (Fsp3) is 0.324. The molecular weight excluding hydrogens is 675 g/mol. The van der Waals surface area contributed by atoms with Gasteiger partial charge in [-0.15, -0.1) is 0 Å². The van der Waals surface area contributed by atoms with E-state index in [0.29, 0.717) is 51.6 Å². The average molecular weight is 716 g/mol. The first-order valence-corrected chi connectivity index (χ1v) is 21.7.